The normalized spacial score (nSPS) is 19.7. The molecule has 3 aromatic rings. The van der Waals surface area contributed by atoms with E-state index in [4.69, 9.17) is 21.6 Å². The van der Waals surface area contributed by atoms with Crippen LogP contribution in [0.15, 0.2) is 30.3 Å². The Balaban J connectivity index is 1.65. The van der Waals surface area contributed by atoms with Crippen LogP contribution in [0.2, 0.25) is 5.02 Å². The van der Waals surface area contributed by atoms with Crippen LogP contribution in [0.1, 0.15) is 87.4 Å². The summed E-state index contributed by atoms with van der Waals surface area (Å²) in [4.78, 5) is 10.3. The molecule has 5 rings (SSSR count). The Morgan fingerprint density at radius 2 is 1.26 bits per heavy atom. The van der Waals surface area contributed by atoms with Gasteiger partial charge >= 0.3 is 0 Å². The molecular formula is C24H27ClN2. The summed E-state index contributed by atoms with van der Waals surface area (Å²) in [6.07, 6.45) is 13.0. The van der Waals surface area contributed by atoms with Crippen molar-refractivity contribution < 1.29 is 0 Å². The zero-order chi connectivity index (χ0) is 18.2. The minimum atomic E-state index is 0.553. The summed E-state index contributed by atoms with van der Waals surface area (Å²) in [5.41, 5.74) is 4.45. The average molecular weight is 379 g/mol. The van der Waals surface area contributed by atoms with Gasteiger partial charge in [-0.3, -0.25) is 9.97 Å². The van der Waals surface area contributed by atoms with E-state index in [0.717, 1.165) is 21.4 Å². The number of benzene rings is 1. The number of rotatable bonds is 2. The van der Waals surface area contributed by atoms with Gasteiger partial charge in [-0.25, -0.2) is 0 Å². The lowest BCUT2D eigenvalue weighted by Gasteiger charge is -2.22. The highest BCUT2D eigenvalue weighted by Crippen LogP contribution is 2.37. The van der Waals surface area contributed by atoms with Gasteiger partial charge in [-0.05, 0) is 37.8 Å². The molecule has 2 nitrogen and oxygen atoms in total. The topological polar surface area (TPSA) is 25.8 Å². The van der Waals surface area contributed by atoms with E-state index in [0.29, 0.717) is 11.8 Å². The third kappa shape index (κ3) is 3.33. The lowest BCUT2D eigenvalue weighted by molar-refractivity contribution is 0.437. The second-order valence-electron chi connectivity index (χ2n) is 8.47. The fourth-order valence-corrected chi connectivity index (χ4v) is 5.36. The lowest BCUT2D eigenvalue weighted by Crippen LogP contribution is -2.08. The van der Waals surface area contributed by atoms with Crippen LogP contribution in [-0.4, -0.2) is 9.97 Å². The molecule has 3 heteroatoms. The number of hydrogen-bond acceptors (Lipinski definition) is 2. The van der Waals surface area contributed by atoms with Gasteiger partial charge < -0.3 is 0 Å². The van der Waals surface area contributed by atoms with E-state index in [1.807, 2.05) is 0 Å². The van der Waals surface area contributed by atoms with Gasteiger partial charge in [0.25, 0.3) is 0 Å². The van der Waals surface area contributed by atoms with Crippen LogP contribution >= 0.6 is 11.6 Å². The van der Waals surface area contributed by atoms with Crippen LogP contribution in [-0.2, 0) is 0 Å². The van der Waals surface area contributed by atoms with E-state index in [1.165, 1.54) is 81.0 Å². The molecule has 0 aliphatic heterocycles. The highest BCUT2D eigenvalue weighted by Gasteiger charge is 2.21. The maximum absolute atomic E-state index is 6.70. The van der Waals surface area contributed by atoms with E-state index in [2.05, 4.69) is 30.3 Å². The largest absolute Gasteiger partial charge is 0.250 e. The Kier molecular flexibility index (Phi) is 4.77. The molecule has 2 fully saturated rings. The van der Waals surface area contributed by atoms with Gasteiger partial charge in [0.1, 0.15) is 0 Å². The van der Waals surface area contributed by atoms with E-state index in [-0.39, 0.29) is 0 Å². The third-order valence-corrected chi connectivity index (χ3v) is 6.99. The minimum Gasteiger partial charge on any atom is -0.250 e. The maximum atomic E-state index is 6.70. The van der Waals surface area contributed by atoms with E-state index in [9.17, 15) is 0 Å². The molecule has 2 aliphatic rings. The fourth-order valence-electron chi connectivity index (χ4n) is 5.10. The van der Waals surface area contributed by atoms with Gasteiger partial charge in [0.2, 0.25) is 0 Å². The number of halogens is 1. The summed E-state index contributed by atoms with van der Waals surface area (Å²) >= 11 is 6.70. The molecule has 0 saturated heterocycles. The van der Waals surface area contributed by atoms with Crippen molar-refractivity contribution >= 4 is 33.4 Å². The molecule has 1 aromatic carbocycles. The molecule has 27 heavy (non-hydrogen) atoms. The fraction of sp³-hybridized carbons (Fsp3) is 0.500. The van der Waals surface area contributed by atoms with Crippen molar-refractivity contribution in [2.75, 3.05) is 0 Å². The van der Waals surface area contributed by atoms with Crippen LogP contribution < -0.4 is 0 Å². The second-order valence-corrected chi connectivity index (χ2v) is 8.88. The van der Waals surface area contributed by atoms with E-state index < -0.39 is 0 Å². The summed E-state index contributed by atoms with van der Waals surface area (Å²) in [6.45, 7) is 0. The molecule has 0 N–H and O–H groups in total. The summed E-state index contributed by atoms with van der Waals surface area (Å²) in [6, 6.07) is 10.8. The van der Waals surface area contributed by atoms with Crippen molar-refractivity contribution in [3.05, 3.63) is 46.7 Å². The zero-order valence-electron chi connectivity index (χ0n) is 15.9. The summed E-state index contributed by atoms with van der Waals surface area (Å²) in [7, 11) is 0. The zero-order valence-corrected chi connectivity index (χ0v) is 16.6. The van der Waals surface area contributed by atoms with Gasteiger partial charge in [0.15, 0.2) is 0 Å². The predicted molar refractivity (Wildman–Crippen MR) is 114 cm³/mol. The number of hydrogen-bond donors (Lipinski definition) is 0. The van der Waals surface area contributed by atoms with Crippen molar-refractivity contribution in [2.45, 2.75) is 76.0 Å². The van der Waals surface area contributed by atoms with Crippen molar-refractivity contribution in [3.63, 3.8) is 0 Å². The predicted octanol–water partition coefficient (Wildman–Crippen LogP) is 7.53. The Morgan fingerprint density at radius 3 is 1.96 bits per heavy atom. The number of fused-ring (bicyclic) bond motifs is 3. The summed E-state index contributed by atoms with van der Waals surface area (Å²) in [5, 5.41) is 3.04. The highest BCUT2D eigenvalue weighted by atomic mass is 35.5. The van der Waals surface area contributed by atoms with Crippen molar-refractivity contribution in [1.82, 2.24) is 9.97 Å². The molecule has 0 amide bonds. The molecule has 0 atom stereocenters. The molecule has 0 spiro atoms. The minimum absolute atomic E-state index is 0.553. The molecular weight excluding hydrogens is 352 g/mol. The summed E-state index contributed by atoms with van der Waals surface area (Å²) < 4.78 is 0. The molecule has 0 radical (unpaired) electrons. The Labute approximate surface area is 166 Å². The Bertz CT molecular complexity index is 969. The van der Waals surface area contributed by atoms with Gasteiger partial charge in [-0.1, -0.05) is 68.3 Å². The molecule has 0 bridgehead atoms. The smallest absolute Gasteiger partial charge is 0.0983 e. The monoisotopic (exact) mass is 378 g/mol. The molecule has 2 heterocycles. The van der Waals surface area contributed by atoms with E-state index in [1.54, 1.807) is 0 Å². The SMILES string of the molecule is Clc1cc(C2CCCCC2)nc2c1ccc1ccc(C3CCCCC3)nc12. The molecule has 2 saturated carbocycles. The van der Waals surface area contributed by atoms with Gasteiger partial charge in [0, 0.05) is 34.0 Å². The van der Waals surface area contributed by atoms with Gasteiger partial charge in [-0.2, -0.15) is 0 Å². The molecule has 140 valence electrons. The highest BCUT2D eigenvalue weighted by molar-refractivity contribution is 6.36. The van der Waals surface area contributed by atoms with Crippen LogP contribution in [0.4, 0.5) is 0 Å². The first-order chi connectivity index (χ1) is 13.3. The van der Waals surface area contributed by atoms with Crippen LogP contribution in [0.5, 0.6) is 0 Å². The maximum Gasteiger partial charge on any atom is 0.0983 e. The molecule has 2 aromatic heterocycles. The van der Waals surface area contributed by atoms with Gasteiger partial charge in [-0.15, -0.1) is 0 Å². The second kappa shape index (κ2) is 7.39. The van der Waals surface area contributed by atoms with Crippen LogP contribution in [0.25, 0.3) is 21.8 Å². The van der Waals surface area contributed by atoms with Crippen LogP contribution in [0, 0.1) is 0 Å². The molecule has 0 unspecified atom stereocenters. The number of aromatic nitrogens is 2. The average Bonchev–Trinajstić information content (AvgIpc) is 2.74. The number of nitrogens with zero attached hydrogens (tertiary/aromatic N) is 2. The van der Waals surface area contributed by atoms with Gasteiger partial charge in [0.05, 0.1) is 16.1 Å². The van der Waals surface area contributed by atoms with Crippen molar-refractivity contribution in [3.8, 4) is 0 Å². The summed E-state index contributed by atoms with van der Waals surface area (Å²) in [5.74, 6) is 1.16. The lowest BCUT2D eigenvalue weighted by atomic mass is 9.86. The first-order valence-electron chi connectivity index (χ1n) is 10.7. The quantitative estimate of drug-likeness (QED) is 0.430. The Morgan fingerprint density at radius 1 is 0.667 bits per heavy atom. The number of pyridine rings is 2. The first-order valence-corrected chi connectivity index (χ1v) is 11.1. The standard InChI is InChI=1S/C24H27ClN2/c25-20-15-22(17-9-5-2-6-10-17)27-24-19(20)13-11-18-12-14-21(26-23(18)24)16-7-3-1-4-8-16/h11-17H,1-10H2. The molecule has 2 aliphatic carbocycles. The Hall–Kier alpha value is -1.67. The van der Waals surface area contributed by atoms with Crippen LogP contribution in [0.3, 0.4) is 0 Å². The van der Waals surface area contributed by atoms with Crippen molar-refractivity contribution in [1.29, 1.82) is 0 Å². The first kappa shape index (κ1) is 17.4. The van der Waals surface area contributed by atoms with Crippen molar-refractivity contribution in [2.24, 2.45) is 0 Å². The van der Waals surface area contributed by atoms with E-state index >= 15 is 0 Å². The third-order valence-electron chi connectivity index (χ3n) is 6.68.